The van der Waals surface area contributed by atoms with Crippen LogP contribution in [0, 0.1) is 27.6 Å². The number of rotatable bonds is 11. The Labute approximate surface area is 230 Å². The van der Waals surface area contributed by atoms with Crippen LogP contribution in [-0.2, 0) is 11.5 Å². The summed E-state index contributed by atoms with van der Waals surface area (Å²) in [6.07, 6.45) is 2.74. The van der Waals surface area contributed by atoms with Gasteiger partial charge in [-0.25, -0.2) is 18.2 Å². The highest BCUT2D eigenvalue weighted by molar-refractivity contribution is 6.76. The predicted molar refractivity (Wildman–Crippen MR) is 148 cm³/mol. The van der Waals surface area contributed by atoms with E-state index in [9.17, 15) is 18.9 Å². The van der Waals surface area contributed by atoms with Crippen LogP contribution in [0.25, 0.3) is 22.2 Å². The minimum absolute atomic E-state index is 0.0258. The molecule has 0 unspecified atom stereocenters. The van der Waals surface area contributed by atoms with E-state index < -0.39 is 41.9 Å². The number of nitro benzene ring substituents is 1. The molecule has 0 fully saturated rings. The molecule has 0 radical (unpaired) electrons. The minimum atomic E-state index is -1.34. The molecule has 4 rings (SSSR count). The lowest BCUT2D eigenvalue weighted by molar-refractivity contribution is -0.385. The lowest BCUT2D eigenvalue weighted by Gasteiger charge is -2.15. The number of nitro groups is 1. The molecular formula is C28H30F3N3O5Si. The van der Waals surface area contributed by atoms with E-state index in [1.165, 1.54) is 18.3 Å². The second kappa shape index (κ2) is 11.7. The Balaban J connectivity index is 1.84. The largest absolute Gasteiger partial charge is 0.488 e. The number of benzene rings is 2. The SMILES string of the molecule is CC(C)Oc1cccc(-c2cn(COCC[Si](C)(C)C)c3nccc(Oc4c(F)cc([N+](=O)[O-])cc4F)c23)c1F. The van der Waals surface area contributed by atoms with E-state index >= 15 is 4.39 Å². The van der Waals surface area contributed by atoms with Gasteiger partial charge in [0.15, 0.2) is 29.0 Å². The highest BCUT2D eigenvalue weighted by atomic mass is 28.3. The molecule has 2 aromatic heterocycles. The molecule has 0 aliphatic rings. The first kappa shape index (κ1) is 29.1. The van der Waals surface area contributed by atoms with Crippen LogP contribution in [0.2, 0.25) is 25.7 Å². The summed E-state index contributed by atoms with van der Waals surface area (Å²) in [7, 11) is -1.34. The molecule has 212 valence electrons. The summed E-state index contributed by atoms with van der Waals surface area (Å²) in [6, 6.07) is 8.16. The third-order valence-electron chi connectivity index (χ3n) is 5.97. The summed E-state index contributed by atoms with van der Waals surface area (Å²) >= 11 is 0. The fourth-order valence-electron chi connectivity index (χ4n) is 4.04. The number of halogens is 3. The van der Waals surface area contributed by atoms with Gasteiger partial charge in [-0.2, -0.15) is 0 Å². The highest BCUT2D eigenvalue weighted by Crippen LogP contribution is 2.41. The highest BCUT2D eigenvalue weighted by Gasteiger charge is 2.24. The number of hydrogen-bond acceptors (Lipinski definition) is 6. The van der Waals surface area contributed by atoms with Crippen LogP contribution in [0.15, 0.2) is 48.8 Å². The second-order valence-corrected chi connectivity index (χ2v) is 16.4. The molecule has 2 aromatic carbocycles. The normalized spacial score (nSPS) is 11.8. The molecule has 0 spiro atoms. The zero-order valence-corrected chi connectivity index (χ0v) is 23.8. The van der Waals surface area contributed by atoms with Crippen molar-refractivity contribution in [3.63, 3.8) is 0 Å². The molecule has 0 amide bonds. The molecule has 0 bridgehead atoms. The average Bonchev–Trinajstić information content (AvgIpc) is 3.23. The molecule has 0 saturated heterocycles. The van der Waals surface area contributed by atoms with Gasteiger partial charge in [0.2, 0.25) is 0 Å². The van der Waals surface area contributed by atoms with Crippen molar-refractivity contribution in [3.05, 3.63) is 76.4 Å². The summed E-state index contributed by atoms with van der Waals surface area (Å²) < 4.78 is 64.0. The predicted octanol–water partition coefficient (Wildman–Crippen LogP) is 7.92. The molecule has 0 N–H and O–H groups in total. The van der Waals surface area contributed by atoms with Crippen molar-refractivity contribution in [1.82, 2.24) is 9.55 Å². The van der Waals surface area contributed by atoms with Crippen molar-refractivity contribution in [2.24, 2.45) is 0 Å². The Morgan fingerprint density at radius 3 is 2.38 bits per heavy atom. The lowest BCUT2D eigenvalue weighted by Crippen LogP contribution is -2.22. The van der Waals surface area contributed by atoms with E-state index in [0.717, 1.165) is 6.04 Å². The molecule has 0 aliphatic heterocycles. The Hall–Kier alpha value is -3.90. The molecule has 0 saturated carbocycles. The van der Waals surface area contributed by atoms with Crippen LogP contribution in [-0.4, -0.2) is 35.3 Å². The average molecular weight is 574 g/mol. The van der Waals surface area contributed by atoms with Crippen molar-refractivity contribution >= 4 is 24.8 Å². The Kier molecular flexibility index (Phi) is 8.50. The minimum Gasteiger partial charge on any atom is -0.488 e. The smallest absolute Gasteiger partial charge is 0.275 e. The van der Waals surface area contributed by atoms with Crippen LogP contribution in [0.1, 0.15) is 13.8 Å². The summed E-state index contributed by atoms with van der Waals surface area (Å²) in [5.74, 6) is -3.96. The van der Waals surface area contributed by atoms with E-state index in [2.05, 4.69) is 24.6 Å². The van der Waals surface area contributed by atoms with Crippen molar-refractivity contribution in [2.45, 2.75) is 52.4 Å². The van der Waals surface area contributed by atoms with Crippen molar-refractivity contribution < 1.29 is 32.3 Å². The number of hydrogen-bond donors (Lipinski definition) is 0. The Morgan fingerprint density at radius 1 is 1.05 bits per heavy atom. The quantitative estimate of drug-likeness (QED) is 0.0784. The van der Waals surface area contributed by atoms with Gasteiger partial charge in [0.05, 0.1) is 28.5 Å². The first-order valence-corrected chi connectivity index (χ1v) is 16.4. The summed E-state index contributed by atoms with van der Waals surface area (Å²) in [6.45, 7) is 10.9. The standard InChI is InChI=1S/C28H30F3N3O5Si/c1-17(2)38-24-8-6-7-19(26(24)31)20-15-33(16-37-11-12-40(3,4)5)28-25(20)23(9-10-32-28)39-27-21(29)13-18(34(35)36)14-22(27)30/h6-10,13-15,17H,11-12,16H2,1-5H3. The van der Waals surface area contributed by atoms with E-state index in [1.54, 1.807) is 36.7 Å². The van der Waals surface area contributed by atoms with E-state index in [-0.39, 0.29) is 35.3 Å². The number of fused-ring (bicyclic) bond motifs is 1. The summed E-state index contributed by atoms with van der Waals surface area (Å²) in [5.41, 5.74) is 0.0687. The van der Waals surface area contributed by atoms with Gasteiger partial charge in [-0.1, -0.05) is 31.8 Å². The van der Waals surface area contributed by atoms with E-state index in [4.69, 9.17) is 14.2 Å². The first-order valence-electron chi connectivity index (χ1n) is 12.7. The molecule has 0 atom stereocenters. The molecule has 2 heterocycles. The molecule has 40 heavy (non-hydrogen) atoms. The second-order valence-electron chi connectivity index (χ2n) is 10.8. The molecule has 0 aliphatic carbocycles. The summed E-state index contributed by atoms with van der Waals surface area (Å²) in [4.78, 5) is 14.5. The first-order chi connectivity index (χ1) is 18.9. The zero-order valence-electron chi connectivity index (χ0n) is 22.8. The molecule has 4 aromatic rings. The van der Waals surface area contributed by atoms with Crippen LogP contribution in [0.5, 0.6) is 17.2 Å². The Morgan fingerprint density at radius 2 is 1.75 bits per heavy atom. The van der Waals surface area contributed by atoms with Crippen LogP contribution >= 0.6 is 0 Å². The topological polar surface area (TPSA) is 88.7 Å². The third kappa shape index (κ3) is 6.45. The molecule has 8 nitrogen and oxygen atoms in total. The van der Waals surface area contributed by atoms with Gasteiger partial charge in [-0.3, -0.25) is 10.1 Å². The van der Waals surface area contributed by atoms with Crippen LogP contribution in [0.4, 0.5) is 18.9 Å². The van der Waals surface area contributed by atoms with Crippen LogP contribution in [0.3, 0.4) is 0 Å². The number of ether oxygens (including phenoxy) is 3. The number of aromatic nitrogens is 2. The van der Waals surface area contributed by atoms with Crippen LogP contribution < -0.4 is 9.47 Å². The van der Waals surface area contributed by atoms with Gasteiger partial charge in [0.25, 0.3) is 5.69 Å². The maximum Gasteiger partial charge on any atom is 0.275 e. The van der Waals surface area contributed by atoms with Crippen molar-refractivity contribution in [2.75, 3.05) is 6.61 Å². The molecule has 12 heteroatoms. The van der Waals surface area contributed by atoms with Crippen molar-refractivity contribution in [3.8, 4) is 28.4 Å². The van der Waals surface area contributed by atoms with Gasteiger partial charge < -0.3 is 18.8 Å². The summed E-state index contributed by atoms with van der Waals surface area (Å²) in [5, 5.41) is 11.3. The maximum atomic E-state index is 15.7. The third-order valence-corrected chi connectivity index (χ3v) is 7.67. The van der Waals surface area contributed by atoms with Gasteiger partial charge in [0, 0.05) is 38.2 Å². The van der Waals surface area contributed by atoms with E-state index in [0.29, 0.717) is 30.0 Å². The fourth-order valence-corrected chi connectivity index (χ4v) is 4.79. The number of pyridine rings is 1. The van der Waals surface area contributed by atoms with Gasteiger partial charge in [-0.05, 0) is 32.0 Å². The zero-order chi connectivity index (χ0) is 29.2. The molecular weight excluding hydrogens is 543 g/mol. The Bertz CT molecular complexity index is 1530. The van der Waals surface area contributed by atoms with Crippen molar-refractivity contribution in [1.29, 1.82) is 0 Å². The maximum absolute atomic E-state index is 15.7. The van der Waals surface area contributed by atoms with E-state index in [1.807, 2.05) is 0 Å². The lowest BCUT2D eigenvalue weighted by atomic mass is 10.0. The fraction of sp³-hybridized carbons (Fsp3) is 0.321. The monoisotopic (exact) mass is 573 g/mol. The number of nitrogens with zero attached hydrogens (tertiary/aromatic N) is 3. The van der Waals surface area contributed by atoms with Gasteiger partial charge >= 0.3 is 0 Å². The van der Waals surface area contributed by atoms with Gasteiger partial charge in [0.1, 0.15) is 18.1 Å². The number of non-ortho nitro benzene ring substituents is 1. The van der Waals surface area contributed by atoms with Gasteiger partial charge in [-0.15, -0.1) is 0 Å².